The van der Waals surface area contributed by atoms with E-state index in [9.17, 15) is 0 Å². The highest BCUT2D eigenvalue weighted by molar-refractivity contribution is 6.13. The molecule has 0 unspecified atom stereocenters. The molecule has 0 rings (SSSR count). The highest BCUT2D eigenvalue weighted by atomic mass is 35.5. The molecule has 0 heterocycles. The molecule has 0 fully saturated rings. The molecule has 0 aromatic rings. The van der Waals surface area contributed by atoms with Crippen molar-refractivity contribution in [3.63, 3.8) is 0 Å². The summed E-state index contributed by atoms with van der Waals surface area (Å²) in [6.07, 6.45) is 16.2. The van der Waals surface area contributed by atoms with Crippen molar-refractivity contribution in [2.45, 2.75) is 90.9 Å². The molecule has 0 aromatic heterocycles. The summed E-state index contributed by atoms with van der Waals surface area (Å²) in [6.45, 7) is 6.67. The van der Waals surface area contributed by atoms with Gasteiger partial charge in [0.1, 0.15) is 0 Å². The maximum atomic E-state index is 6.19. The highest BCUT2D eigenvalue weighted by Crippen LogP contribution is 2.09. The smallest absolute Gasteiger partial charge is 0.0139 e. The summed E-state index contributed by atoms with van der Waals surface area (Å²) < 4.78 is 2.00. The Balaban J connectivity index is 0. The highest BCUT2D eigenvalue weighted by Gasteiger charge is 2.00. The van der Waals surface area contributed by atoms with Crippen LogP contribution in [-0.2, 0) is 0 Å². The maximum absolute atomic E-state index is 6.19. The Labute approximate surface area is 126 Å². The summed E-state index contributed by atoms with van der Waals surface area (Å²) in [6, 6.07) is 0. The van der Waals surface area contributed by atoms with Crippen molar-refractivity contribution < 1.29 is 5.48 Å². The number of nitrogens with zero attached hydrogens (tertiary/aromatic N) is 1. The predicted octanol–water partition coefficient (Wildman–Crippen LogP) is 5.34. The zero-order chi connectivity index (χ0) is 13.5. The summed E-state index contributed by atoms with van der Waals surface area (Å²) >= 11 is 6.19. The first-order valence-corrected chi connectivity index (χ1v) is 8.55. The number of hydrogen-bond acceptors (Lipinski definition) is 1. The topological polar surface area (TPSA) is 34.7 Å². The molecule has 19 heavy (non-hydrogen) atoms. The van der Waals surface area contributed by atoms with Gasteiger partial charge in [-0.05, 0) is 24.6 Å². The van der Waals surface area contributed by atoms with Crippen LogP contribution in [0.5, 0.6) is 0 Å². The van der Waals surface area contributed by atoms with E-state index >= 15 is 0 Å². The van der Waals surface area contributed by atoms with Crippen LogP contribution in [0.3, 0.4) is 0 Å². The molecule has 0 aliphatic carbocycles. The molecule has 2 nitrogen and oxygen atoms in total. The van der Waals surface area contributed by atoms with Gasteiger partial charge >= 0.3 is 0 Å². The first-order chi connectivity index (χ1) is 8.81. The van der Waals surface area contributed by atoms with Crippen molar-refractivity contribution in [2.75, 3.05) is 13.1 Å². The van der Waals surface area contributed by atoms with Gasteiger partial charge in [0, 0.05) is 13.1 Å². The van der Waals surface area contributed by atoms with Crippen LogP contribution in [0.4, 0.5) is 0 Å². The van der Waals surface area contributed by atoms with E-state index in [0.29, 0.717) is 0 Å². The van der Waals surface area contributed by atoms with E-state index < -0.39 is 0 Å². The molecule has 3 heteroatoms. The van der Waals surface area contributed by atoms with Gasteiger partial charge in [-0.25, -0.2) is 4.42 Å². The van der Waals surface area contributed by atoms with Gasteiger partial charge in [-0.3, -0.25) is 0 Å². The normalized spacial score (nSPS) is 10.7. The second-order valence-electron chi connectivity index (χ2n) is 5.45. The number of rotatable bonds is 14. The minimum absolute atomic E-state index is 0. The van der Waals surface area contributed by atoms with Crippen LogP contribution in [0, 0.1) is 0 Å². The largest absolute Gasteiger partial charge is 0.412 e. The Bertz CT molecular complexity index is 140. The molecule has 0 saturated heterocycles. The van der Waals surface area contributed by atoms with Crippen molar-refractivity contribution in [2.24, 2.45) is 0 Å². The molecular formula is C16H36ClNO. The molecule has 2 N–H and O–H groups in total. The van der Waals surface area contributed by atoms with Crippen molar-refractivity contribution in [3.05, 3.63) is 0 Å². The Morgan fingerprint density at radius 2 is 0.895 bits per heavy atom. The van der Waals surface area contributed by atoms with Crippen molar-refractivity contribution in [1.82, 2.24) is 4.42 Å². The lowest BCUT2D eigenvalue weighted by Gasteiger charge is -2.13. The van der Waals surface area contributed by atoms with E-state index in [2.05, 4.69) is 13.8 Å². The first kappa shape index (κ1) is 21.5. The Morgan fingerprint density at radius 1 is 0.579 bits per heavy atom. The van der Waals surface area contributed by atoms with Crippen LogP contribution in [0.1, 0.15) is 90.9 Å². The third-order valence-corrected chi connectivity index (χ3v) is 3.85. The SMILES string of the molecule is CCCCCCCCN(Cl)CCCCCCCC.O. The molecule has 118 valence electrons. The van der Waals surface area contributed by atoms with E-state index in [-0.39, 0.29) is 5.48 Å². The summed E-state index contributed by atoms with van der Waals surface area (Å²) in [4.78, 5) is 0. The molecule has 0 saturated carbocycles. The number of halogens is 1. The van der Waals surface area contributed by atoms with Gasteiger partial charge in [0.2, 0.25) is 0 Å². The van der Waals surface area contributed by atoms with E-state index in [0.717, 1.165) is 13.1 Å². The lowest BCUT2D eigenvalue weighted by atomic mass is 10.1. The molecule has 0 aliphatic rings. The van der Waals surface area contributed by atoms with Gasteiger partial charge in [0.15, 0.2) is 0 Å². The molecule has 0 radical (unpaired) electrons. The van der Waals surface area contributed by atoms with E-state index in [1.807, 2.05) is 4.42 Å². The Hall–Kier alpha value is 0.210. The fourth-order valence-corrected chi connectivity index (χ4v) is 2.48. The van der Waals surface area contributed by atoms with Crippen LogP contribution >= 0.6 is 11.8 Å². The van der Waals surface area contributed by atoms with E-state index in [1.165, 1.54) is 77.0 Å². The standard InChI is InChI=1S/C16H34ClN.H2O/c1-3-5-7-9-11-13-15-18(17)16-14-12-10-8-6-4-2;/h3-16H2,1-2H3;1H2. The van der Waals surface area contributed by atoms with Gasteiger partial charge in [0.05, 0.1) is 0 Å². The zero-order valence-electron chi connectivity index (χ0n) is 13.2. The third-order valence-electron chi connectivity index (χ3n) is 3.51. The van der Waals surface area contributed by atoms with Crippen molar-refractivity contribution in [3.8, 4) is 0 Å². The average molecular weight is 294 g/mol. The van der Waals surface area contributed by atoms with Gasteiger partial charge in [0.25, 0.3) is 0 Å². The van der Waals surface area contributed by atoms with E-state index in [1.54, 1.807) is 0 Å². The summed E-state index contributed by atoms with van der Waals surface area (Å²) in [7, 11) is 0. The minimum atomic E-state index is 0. The van der Waals surface area contributed by atoms with Crippen LogP contribution < -0.4 is 0 Å². The van der Waals surface area contributed by atoms with Crippen LogP contribution in [0.2, 0.25) is 0 Å². The van der Waals surface area contributed by atoms with Gasteiger partial charge in [-0.1, -0.05) is 78.1 Å². The Kier molecular flexibility index (Phi) is 20.6. The summed E-state index contributed by atoms with van der Waals surface area (Å²) in [5, 5.41) is 0. The first-order valence-electron chi connectivity index (χ1n) is 8.22. The summed E-state index contributed by atoms with van der Waals surface area (Å²) in [5.74, 6) is 0. The monoisotopic (exact) mass is 293 g/mol. The molecule has 0 atom stereocenters. The molecule has 0 aromatic carbocycles. The third kappa shape index (κ3) is 18.2. The van der Waals surface area contributed by atoms with Crippen LogP contribution in [0.15, 0.2) is 0 Å². The van der Waals surface area contributed by atoms with Gasteiger partial charge in [-0.2, -0.15) is 0 Å². The average Bonchev–Trinajstić information content (AvgIpc) is 2.38. The minimum Gasteiger partial charge on any atom is -0.412 e. The van der Waals surface area contributed by atoms with Gasteiger partial charge < -0.3 is 5.48 Å². The predicted molar refractivity (Wildman–Crippen MR) is 87.8 cm³/mol. The summed E-state index contributed by atoms with van der Waals surface area (Å²) in [5.41, 5.74) is 0. The number of hydrogen-bond donors (Lipinski definition) is 0. The zero-order valence-corrected chi connectivity index (χ0v) is 14.0. The molecule has 0 bridgehead atoms. The van der Waals surface area contributed by atoms with Crippen LogP contribution in [-0.4, -0.2) is 23.0 Å². The lowest BCUT2D eigenvalue weighted by molar-refractivity contribution is 0.412. The van der Waals surface area contributed by atoms with E-state index in [4.69, 9.17) is 11.8 Å². The molecule has 0 aliphatic heterocycles. The van der Waals surface area contributed by atoms with Crippen molar-refractivity contribution in [1.29, 1.82) is 0 Å². The quantitative estimate of drug-likeness (QED) is 0.314. The molecule has 0 spiro atoms. The molecule has 0 amide bonds. The molecular weight excluding hydrogens is 258 g/mol. The fraction of sp³-hybridized carbons (Fsp3) is 1.00. The lowest BCUT2D eigenvalue weighted by Crippen LogP contribution is -2.15. The van der Waals surface area contributed by atoms with Gasteiger partial charge in [-0.15, -0.1) is 0 Å². The maximum Gasteiger partial charge on any atom is 0.0139 e. The Morgan fingerprint density at radius 3 is 1.26 bits per heavy atom. The van der Waals surface area contributed by atoms with Crippen LogP contribution in [0.25, 0.3) is 0 Å². The fourth-order valence-electron chi connectivity index (χ4n) is 2.24. The second-order valence-corrected chi connectivity index (χ2v) is 5.92. The number of unbranched alkanes of at least 4 members (excludes halogenated alkanes) is 10. The second kappa shape index (κ2) is 18.2. The van der Waals surface area contributed by atoms with Crippen molar-refractivity contribution >= 4 is 11.8 Å².